The van der Waals surface area contributed by atoms with Crippen LogP contribution in [0, 0.1) is 5.92 Å². The number of hydrogen-bond donors (Lipinski definition) is 1. The van der Waals surface area contributed by atoms with Crippen LogP contribution in [-0.2, 0) is 4.74 Å². The second-order valence-corrected chi connectivity index (χ2v) is 8.06. The van der Waals surface area contributed by atoms with Crippen LogP contribution in [0.2, 0.25) is 0 Å². The lowest BCUT2D eigenvalue weighted by atomic mass is 10.1. The predicted molar refractivity (Wildman–Crippen MR) is 107 cm³/mol. The van der Waals surface area contributed by atoms with E-state index >= 15 is 0 Å². The van der Waals surface area contributed by atoms with Gasteiger partial charge in [0, 0.05) is 49.1 Å². The summed E-state index contributed by atoms with van der Waals surface area (Å²) in [7, 11) is 3.96. The van der Waals surface area contributed by atoms with Crippen LogP contribution in [0.5, 0.6) is 0 Å². The van der Waals surface area contributed by atoms with Crippen molar-refractivity contribution < 1.29 is 4.74 Å². The number of nitrogens with one attached hydrogen (secondary N) is 1. The summed E-state index contributed by atoms with van der Waals surface area (Å²) in [6, 6.07) is 8.40. The van der Waals surface area contributed by atoms with Gasteiger partial charge in [-0.3, -0.25) is 4.99 Å². The first-order chi connectivity index (χ1) is 11.7. The molecule has 1 heterocycles. The zero-order chi connectivity index (χ0) is 17.2. The number of hydrogen-bond acceptors (Lipinski definition) is 3. The molecule has 6 heteroatoms. The molecule has 1 N–H and O–H groups in total. The third kappa shape index (κ3) is 6.65. The molecule has 0 spiro atoms. The van der Waals surface area contributed by atoms with Crippen molar-refractivity contribution in [1.29, 1.82) is 0 Å². The Bertz CT molecular complexity index is 521. The van der Waals surface area contributed by atoms with E-state index in [0.29, 0.717) is 5.92 Å². The first-order valence-electron chi connectivity index (χ1n) is 8.57. The lowest BCUT2D eigenvalue weighted by molar-refractivity contribution is 0.181. The molecule has 0 bridgehead atoms. The lowest BCUT2D eigenvalue weighted by Gasteiger charge is -2.24. The summed E-state index contributed by atoms with van der Waals surface area (Å²) >= 11 is 5.51. The van der Waals surface area contributed by atoms with Crippen LogP contribution in [0.4, 0.5) is 0 Å². The minimum absolute atomic E-state index is 0.634. The molecule has 2 rings (SSSR count). The Morgan fingerprint density at radius 3 is 2.96 bits per heavy atom. The molecule has 134 valence electrons. The van der Waals surface area contributed by atoms with Gasteiger partial charge in [-0.2, -0.15) is 0 Å². The number of unbranched alkanes of at least 4 members (excludes halogenated alkanes) is 1. The fraction of sp³-hybridized carbons (Fsp3) is 0.611. The highest BCUT2D eigenvalue weighted by Gasteiger charge is 2.18. The van der Waals surface area contributed by atoms with Crippen LogP contribution >= 0.6 is 27.7 Å². The van der Waals surface area contributed by atoms with Crippen molar-refractivity contribution in [3.63, 3.8) is 0 Å². The Morgan fingerprint density at radius 1 is 1.42 bits per heavy atom. The topological polar surface area (TPSA) is 36.9 Å². The number of benzene rings is 1. The predicted octanol–water partition coefficient (Wildman–Crippen LogP) is 3.87. The maximum Gasteiger partial charge on any atom is 0.193 e. The highest BCUT2D eigenvalue weighted by Crippen LogP contribution is 2.27. The number of guanidine groups is 1. The summed E-state index contributed by atoms with van der Waals surface area (Å²) in [5.41, 5.74) is 0. The van der Waals surface area contributed by atoms with Gasteiger partial charge in [0.15, 0.2) is 5.96 Å². The van der Waals surface area contributed by atoms with Gasteiger partial charge in [-0.05, 0) is 53.1 Å². The van der Waals surface area contributed by atoms with Gasteiger partial charge >= 0.3 is 0 Å². The van der Waals surface area contributed by atoms with Gasteiger partial charge in [0.2, 0.25) is 0 Å². The molecule has 1 aromatic carbocycles. The number of nitrogens with zero attached hydrogens (tertiary/aromatic N) is 2. The Balaban J connectivity index is 1.59. The van der Waals surface area contributed by atoms with Crippen LogP contribution in [0.25, 0.3) is 0 Å². The lowest BCUT2D eigenvalue weighted by Crippen LogP contribution is -2.41. The number of halogens is 1. The molecular formula is C18H28BrN3OS. The molecule has 1 unspecified atom stereocenters. The molecule has 0 radical (unpaired) electrons. The van der Waals surface area contributed by atoms with Gasteiger partial charge in [-0.15, -0.1) is 11.8 Å². The summed E-state index contributed by atoms with van der Waals surface area (Å²) in [5.74, 6) is 2.76. The van der Waals surface area contributed by atoms with Crippen molar-refractivity contribution in [2.24, 2.45) is 10.9 Å². The van der Waals surface area contributed by atoms with Gasteiger partial charge in [-0.1, -0.05) is 12.1 Å². The highest BCUT2D eigenvalue weighted by molar-refractivity contribution is 9.10. The molecule has 1 aliphatic heterocycles. The molecule has 4 nitrogen and oxygen atoms in total. The van der Waals surface area contributed by atoms with Crippen LogP contribution in [0.1, 0.15) is 19.3 Å². The van der Waals surface area contributed by atoms with Gasteiger partial charge in [0.05, 0.1) is 6.61 Å². The van der Waals surface area contributed by atoms with Gasteiger partial charge < -0.3 is 15.0 Å². The van der Waals surface area contributed by atoms with Gasteiger partial charge in [-0.25, -0.2) is 0 Å². The summed E-state index contributed by atoms with van der Waals surface area (Å²) in [6.07, 6.45) is 3.50. The van der Waals surface area contributed by atoms with E-state index in [0.717, 1.165) is 50.9 Å². The van der Waals surface area contributed by atoms with E-state index in [1.165, 1.54) is 15.8 Å². The third-order valence-corrected chi connectivity index (χ3v) is 6.19. The smallest absolute Gasteiger partial charge is 0.193 e. The van der Waals surface area contributed by atoms with Crippen molar-refractivity contribution in [1.82, 2.24) is 10.2 Å². The molecule has 0 aromatic heterocycles. The van der Waals surface area contributed by atoms with Crippen molar-refractivity contribution >= 4 is 33.7 Å². The quantitative estimate of drug-likeness (QED) is 0.303. The molecule has 1 fully saturated rings. The van der Waals surface area contributed by atoms with E-state index in [-0.39, 0.29) is 0 Å². The van der Waals surface area contributed by atoms with Crippen LogP contribution in [-0.4, -0.2) is 57.0 Å². The second-order valence-electron chi connectivity index (χ2n) is 6.07. The summed E-state index contributed by atoms with van der Waals surface area (Å²) in [6.45, 7) is 3.76. The fourth-order valence-corrected chi connectivity index (χ4v) is 4.33. The Hall–Kier alpha value is -0.720. The third-order valence-electron chi connectivity index (χ3n) is 4.08. The molecule has 0 saturated carbocycles. The van der Waals surface area contributed by atoms with Crippen LogP contribution < -0.4 is 5.32 Å². The van der Waals surface area contributed by atoms with Gasteiger partial charge in [0.1, 0.15) is 0 Å². The normalized spacial score (nSPS) is 18.0. The molecule has 0 amide bonds. The molecule has 1 aliphatic rings. The molecule has 0 aliphatic carbocycles. The number of aliphatic imine (C=N–C) groups is 1. The molecule has 24 heavy (non-hydrogen) atoms. The van der Waals surface area contributed by atoms with Crippen LogP contribution in [0.3, 0.4) is 0 Å². The van der Waals surface area contributed by atoms with Gasteiger partial charge in [0.25, 0.3) is 0 Å². The van der Waals surface area contributed by atoms with E-state index in [1.807, 2.05) is 18.8 Å². The maximum absolute atomic E-state index is 5.45. The monoisotopic (exact) mass is 413 g/mol. The van der Waals surface area contributed by atoms with E-state index in [4.69, 9.17) is 4.74 Å². The molecule has 1 saturated heterocycles. The van der Waals surface area contributed by atoms with Crippen molar-refractivity contribution in [3.05, 3.63) is 28.7 Å². The largest absolute Gasteiger partial charge is 0.381 e. The minimum atomic E-state index is 0.634. The number of thioether (sulfide) groups is 1. The molecule has 1 aromatic rings. The first kappa shape index (κ1) is 19.6. The average Bonchev–Trinajstić information content (AvgIpc) is 3.08. The summed E-state index contributed by atoms with van der Waals surface area (Å²) in [5, 5.41) is 3.47. The highest BCUT2D eigenvalue weighted by atomic mass is 79.9. The minimum Gasteiger partial charge on any atom is -0.381 e. The van der Waals surface area contributed by atoms with E-state index < -0.39 is 0 Å². The summed E-state index contributed by atoms with van der Waals surface area (Å²) < 4.78 is 6.64. The van der Waals surface area contributed by atoms with E-state index in [2.05, 4.69) is 62.5 Å². The maximum atomic E-state index is 5.45. The molecular weight excluding hydrogens is 386 g/mol. The Labute approximate surface area is 158 Å². The number of rotatable bonds is 8. The fourth-order valence-electron chi connectivity index (χ4n) is 2.76. The standard InChI is InChI=1S/C18H28BrN3OS/c1-20-18(22(2)13-15-9-11-23-14-15)21-10-5-6-12-24-17-8-4-3-7-16(17)19/h3-4,7-8,15H,5-6,9-14H2,1-2H3,(H,20,21). The van der Waals surface area contributed by atoms with Crippen molar-refractivity contribution in [3.8, 4) is 0 Å². The van der Waals surface area contributed by atoms with Crippen molar-refractivity contribution in [2.75, 3.05) is 46.2 Å². The first-order valence-corrected chi connectivity index (χ1v) is 10.4. The SMILES string of the molecule is CN=C(NCCCCSc1ccccc1Br)N(C)CC1CCOC1. The average molecular weight is 414 g/mol. The second kappa shape index (κ2) is 11.0. The molecule has 1 atom stereocenters. The Kier molecular flexibility index (Phi) is 8.99. The summed E-state index contributed by atoms with van der Waals surface area (Å²) in [4.78, 5) is 7.92. The zero-order valence-corrected chi connectivity index (χ0v) is 17.0. The number of ether oxygens (including phenoxy) is 1. The Morgan fingerprint density at radius 2 is 2.25 bits per heavy atom. The van der Waals surface area contributed by atoms with Crippen molar-refractivity contribution in [2.45, 2.75) is 24.2 Å². The van der Waals surface area contributed by atoms with Crippen LogP contribution in [0.15, 0.2) is 38.6 Å². The zero-order valence-electron chi connectivity index (χ0n) is 14.6. The van der Waals surface area contributed by atoms with E-state index in [9.17, 15) is 0 Å². The van der Waals surface area contributed by atoms with E-state index in [1.54, 1.807) is 0 Å².